The van der Waals surface area contributed by atoms with E-state index in [-0.39, 0.29) is 18.6 Å². The maximum absolute atomic E-state index is 12.1. The van der Waals surface area contributed by atoms with E-state index in [1.807, 2.05) is 37.3 Å². The molecular weight excluding hydrogens is 306 g/mol. The van der Waals surface area contributed by atoms with Crippen LogP contribution in [0.5, 0.6) is 5.75 Å². The van der Waals surface area contributed by atoms with Crippen molar-refractivity contribution >= 4 is 11.9 Å². The highest BCUT2D eigenvalue weighted by Crippen LogP contribution is 2.17. The number of carbonyl (C=O) groups excluding carboxylic acids is 2. The van der Waals surface area contributed by atoms with Crippen LogP contribution in [0.15, 0.2) is 48.5 Å². The number of esters is 1. The van der Waals surface area contributed by atoms with Crippen LogP contribution in [0.2, 0.25) is 0 Å². The van der Waals surface area contributed by atoms with Gasteiger partial charge in [-0.3, -0.25) is 4.79 Å². The Balaban J connectivity index is 1.88. The predicted molar refractivity (Wildman–Crippen MR) is 91.0 cm³/mol. The molecule has 0 spiro atoms. The maximum Gasteiger partial charge on any atom is 0.338 e. The van der Waals surface area contributed by atoms with Crippen molar-refractivity contribution in [3.8, 4) is 5.75 Å². The standard InChI is InChI=1S/C19H21NO4/c1-13-11-16(23-3)9-10-17(13)19(22)24-12-18(21)20-14(2)15-7-5-4-6-8-15/h4-11,14H,12H2,1-3H3,(H,20,21)/t14-/m0/s1. The maximum atomic E-state index is 12.1. The fraction of sp³-hybridized carbons (Fsp3) is 0.263. The van der Waals surface area contributed by atoms with Gasteiger partial charge >= 0.3 is 5.97 Å². The molecule has 0 aliphatic rings. The summed E-state index contributed by atoms with van der Waals surface area (Å²) in [6.07, 6.45) is 0. The van der Waals surface area contributed by atoms with E-state index >= 15 is 0 Å². The van der Waals surface area contributed by atoms with E-state index in [4.69, 9.17) is 9.47 Å². The lowest BCUT2D eigenvalue weighted by molar-refractivity contribution is -0.124. The summed E-state index contributed by atoms with van der Waals surface area (Å²) in [5.74, 6) is -0.206. The molecular formula is C19H21NO4. The summed E-state index contributed by atoms with van der Waals surface area (Å²) in [5.41, 5.74) is 2.14. The molecule has 2 aromatic carbocycles. The molecule has 0 radical (unpaired) electrons. The molecule has 0 unspecified atom stereocenters. The Labute approximate surface area is 141 Å². The lowest BCUT2D eigenvalue weighted by atomic mass is 10.1. The van der Waals surface area contributed by atoms with Crippen LogP contribution >= 0.6 is 0 Å². The normalized spacial score (nSPS) is 11.5. The molecule has 0 saturated carbocycles. The summed E-state index contributed by atoms with van der Waals surface area (Å²) in [5, 5.41) is 2.80. The molecule has 1 N–H and O–H groups in total. The Morgan fingerprint density at radius 3 is 2.46 bits per heavy atom. The van der Waals surface area contributed by atoms with Crippen LogP contribution in [-0.4, -0.2) is 25.6 Å². The molecule has 0 aliphatic carbocycles. The highest BCUT2D eigenvalue weighted by Gasteiger charge is 2.15. The zero-order chi connectivity index (χ0) is 17.5. The number of ether oxygens (including phenoxy) is 2. The SMILES string of the molecule is COc1ccc(C(=O)OCC(=O)N[C@@H](C)c2ccccc2)c(C)c1. The Kier molecular flexibility index (Phi) is 5.95. The molecule has 0 saturated heterocycles. The number of nitrogens with one attached hydrogen (secondary N) is 1. The topological polar surface area (TPSA) is 64.6 Å². The Morgan fingerprint density at radius 1 is 1.12 bits per heavy atom. The monoisotopic (exact) mass is 327 g/mol. The van der Waals surface area contributed by atoms with Gasteiger partial charge in [-0.05, 0) is 43.2 Å². The van der Waals surface area contributed by atoms with Crippen LogP contribution in [0.1, 0.15) is 34.5 Å². The summed E-state index contributed by atoms with van der Waals surface area (Å²) in [6.45, 7) is 3.35. The number of hydrogen-bond donors (Lipinski definition) is 1. The van der Waals surface area contributed by atoms with Gasteiger partial charge < -0.3 is 14.8 Å². The minimum atomic E-state index is -0.530. The lowest BCUT2D eigenvalue weighted by Crippen LogP contribution is -2.31. The van der Waals surface area contributed by atoms with Crippen molar-refractivity contribution in [1.29, 1.82) is 0 Å². The van der Waals surface area contributed by atoms with Crippen molar-refractivity contribution in [2.45, 2.75) is 19.9 Å². The van der Waals surface area contributed by atoms with Crippen LogP contribution in [0.25, 0.3) is 0 Å². The third-order valence-corrected chi connectivity index (χ3v) is 3.66. The number of methoxy groups -OCH3 is 1. The minimum Gasteiger partial charge on any atom is -0.497 e. The highest BCUT2D eigenvalue weighted by atomic mass is 16.5. The van der Waals surface area contributed by atoms with Gasteiger partial charge in [0.05, 0.1) is 18.7 Å². The van der Waals surface area contributed by atoms with Crippen molar-refractivity contribution < 1.29 is 19.1 Å². The van der Waals surface area contributed by atoms with Crippen molar-refractivity contribution in [3.63, 3.8) is 0 Å². The third-order valence-electron chi connectivity index (χ3n) is 3.66. The molecule has 5 nitrogen and oxygen atoms in total. The number of benzene rings is 2. The average molecular weight is 327 g/mol. The quantitative estimate of drug-likeness (QED) is 0.828. The predicted octanol–water partition coefficient (Wildman–Crippen LogP) is 3.04. The van der Waals surface area contributed by atoms with Crippen LogP contribution in [0, 0.1) is 6.92 Å². The Hall–Kier alpha value is -2.82. The van der Waals surface area contributed by atoms with Gasteiger partial charge in [-0.1, -0.05) is 30.3 Å². The number of amides is 1. The van der Waals surface area contributed by atoms with Crippen LogP contribution in [0.3, 0.4) is 0 Å². The molecule has 0 aromatic heterocycles. The summed E-state index contributed by atoms with van der Waals surface area (Å²) in [4.78, 5) is 24.0. The van der Waals surface area contributed by atoms with Gasteiger partial charge in [-0.2, -0.15) is 0 Å². The zero-order valence-corrected chi connectivity index (χ0v) is 14.0. The van der Waals surface area contributed by atoms with Gasteiger partial charge in [0, 0.05) is 0 Å². The average Bonchev–Trinajstić information content (AvgIpc) is 2.60. The van der Waals surface area contributed by atoms with E-state index < -0.39 is 5.97 Å². The van der Waals surface area contributed by atoms with Crippen LogP contribution < -0.4 is 10.1 Å². The smallest absolute Gasteiger partial charge is 0.338 e. The second-order valence-corrected chi connectivity index (χ2v) is 5.46. The van der Waals surface area contributed by atoms with Crippen molar-refractivity contribution in [3.05, 3.63) is 65.2 Å². The Bertz CT molecular complexity index is 713. The lowest BCUT2D eigenvalue weighted by Gasteiger charge is -2.14. The number of rotatable bonds is 6. The third kappa shape index (κ3) is 4.59. The molecule has 0 fully saturated rings. The summed E-state index contributed by atoms with van der Waals surface area (Å²) in [6, 6.07) is 14.5. The van der Waals surface area contributed by atoms with Gasteiger partial charge in [0.25, 0.3) is 5.91 Å². The number of hydrogen-bond acceptors (Lipinski definition) is 4. The molecule has 5 heteroatoms. The van der Waals surface area contributed by atoms with E-state index in [0.717, 1.165) is 11.1 Å². The van der Waals surface area contributed by atoms with E-state index in [0.29, 0.717) is 11.3 Å². The molecule has 0 aliphatic heterocycles. The number of carbonyl (C=O) groups is 2. The highest BCUT2D eigenvalue weighted by molar-refractivity contribution is 5.92. The van der Waals surface area contributed by atoms with Gasteiger partial charge in [0.2, 0.25) is 0 Å². The van der Waals surface area contributed by atoms with Gasteiger partial charge in [0.1, 0.15) is 5.75 Å². The van der Waals surface area contributed by atoms with Gasteiger partial charge in [0.15, 0.2) is 6.61 Å². The molecule has 2 rings (SSSR count). The first-order valence-corrected chi connectivity index (χ1v) is 7.67. The summed E-state index contributed by atoms with van der Waals surface area (Å²) in [7, 11) is 1.56. The molecule has 0 heterocycles. The van der Waals surface area contributed by atoms with Crippen molar-refractivity contribution in [1.82, 2.24) is 5.32 Å². The first kappa shape index (κ1) is 17.5. The van der Waals surface area contributed by atoms with Crippen molar-refractivity contribution in [2.75, 3.05) is 13.7 Å². The molecule has 1 amide bonds. The minimum absolute atomic E-state index is 0.153. The van der Waals surface area contributed by atoms with E-state index in [1.165, 1.54) is 0 Å². The summed E-state index contributed by atoms with van der Waals surface area (Å²) < 4.78 is 10.2. The van der Waals surface area contributed by atoms with Crippen LogP contribution in [0.4, 0.5) is 0 Å². The fourth-order valence-electron chi connectivity index (χ4n) is 2.31. The fourth-order valence-corrected chi connectivity index (χ4v) is 2.31. The van der Waals surface area contributed by atoms with Gasteiger partial charge in [-0.15, -0.1) is 0 Å². The van der Waals surface area contributed by atoms with E-state index in [1.54, 1.807) is 32.2 Å². The second kappa shape index (κ2) is 8.15. The molecule has 1 atom stereocenters. The van der Waals surface area contributed by atoms with Crippen molar-refractivity contribution in [2.24, 2.45) is 0 Å². The first-order chi connectivity index (χ1) is 11.5. The molecule has 2 aromatic rings. The van der Waals surface area contributed by atoms with E-state index in [9.17, 15) is 9.59 Å². The number of aryl methyl sites for hydroxylation is 1. The Morgan fingerprint density at radius 2 is 1.83 bits per heavy atom. The molecule has 24 heavy (non-hydrogen) atoms. The second-order valence-electron chi connectivity index (χ2n) is 5.46. The van der Waals surface area contributed by atoms with Crippen LogP contribution in [-0.2, 0) is 9.53 Å². The molecule has 0 bridgehead atoms. The zero-order valence-electron chi connectivity index (χ0n) is 14.0. The largest absolute Gasteiger partial charge is 0.497 e. The van der Waals surface area contributed by atoms with E-state index in [2.05, 4.69) is 5.32 Å². The first-order valence-electron chi connectivity index (χ1n) is 7.67. The molecule has 126 valence electrons. The van der Waals surface area contributed by atoms with Gasteiger partial charge in [-0.25, -0.2) is 4.79 Å². The summed E-state index contributed by atoms with van der Waals surface area (Å²) >= 11 is 0.